The van der Waals surface area contributed by atoms with Crippen LogP contribution in [0.4, 0.5) is 0 Å². The van der Waals surface area contributed by atoms with Gasteiger partial charge in [0.2, 0.25) is 0 Å². The molecule has 1 aromatic heterocycles. The highest BCUT2D eigenvalue weighted by atomic mass is 32.2. The van der Waals surface area contributed by atoms with Crippen LogP contribution >= 0.6 is 11.8 Å². The molecule has 1 N–H and O–H groups in total. The van der Waals surface area contributed by atoms with Gasteiger partial charge >= 0.3 is 0 Å². The second-order valence-electron chi connectivity index (χ2n) is 7.82. The predicted molar refractivity (Wildman–Crippen MR) is 114 cm³/mol. The van der Waals surface area contributed by atoms with Gasteiger partial charge in [0.1, 0.15) is 11.4 Å². The lowest BCUT2D eigenvalue weighted by atomic mass is 9.91. The van der Waals surface area contributed by atoms with Gasteiger partial charge in [-0.25, -0.2) is 0 Å². The highest BCUT2D eigenvalue weighted by Gasteiger charge is 2.51. The summed E-state index contributed by atoms with van der Waals surface area (Å²) in [7, 11) is 0. The highest BCUT2D eigenvalue weighted by Crippen LogP contribution is 2.53. The molecule has 28 heavy (non-hydrogen) atoms. The van der Waals surface area contributed by atoms with Crippen LogP contribution in [0.15, 0.2) is 59.1 Å². The molecule has 1 aliphatic heterocycles. The number of aromatic nitrogens is 1. The largest absolute Gasteiger partial charge is 0.508 e. The van der Waals surface area contributed by atoms with Crippen LogP contribution in [0, 0.1) is 0 Å². The molecule has 2 heterocycles. The van der Waals surface area contributed by atoms with Gasteiger partial charge in [0, 0.05) is 42.1 Å². The Bertz CT molecular complexity index is 942. The van der Waals surface area contributed by atoms with Crippen molar-refractivity contribution in [2.75, 3.05) is 31.1 Å². The maximum atomic E-state index is 9.67. The fraction of sp³-hybridized carbons (Fsp3) is 0.348. The van der Waals surface area contributed by atoms with Gasteiger partial charge < -0.3 is 14.5 Å². The molecule has 5 rings (SSSR count). The van der Waals surface area contributed by atoms with Crippen molar-refractivity contribution >= 4 is 11.8 Å². The van der Waals surface area contributed by atoms with E-state index in [1.54, 1.807) is 12.1 Å². The Morgan fingerprint density at radius 2 is 1.68 bits per heavy atom. The van der Waals surface area contributed by atoms with Gasteiger partial charge in [0.05, 0.1) is 5.56 Å². The molecule has 2 fully saturated rings. The van der Waals surface area contributed by atoms with Crippen LogP contribution in [-0.4, -0.2) is 46.3 Å². The molecule has 144 valence electrons. The van der Waals surface area contributed by atoms with Crippen LogP contribution in [0.5, 0.6) is 5.75 Å². The van der Waals surface area contributed by atoms with Crippen molar-refractivity contribution in [3.8, 4) is 28.1 Å². The van der Waals surface area contributed by atoms with E-state index in [1.165, 1.54) is 11.5 Å². The van der Waals surface area contributed by atoms with E-state index in [9.17, 15) is 5.11 Å². The van der Waals surface area contributed by atoms with E-state index in [1.807, 2.05) is 30.0 Å². The maximum absolute atomic E-state index is 9.67. The third kappa shape index (κ3) is 3.33. The minimum Gasteiger partial charge on any atom is -0.508 e. The van der Waals surface area contributed by atoms with Gasteiger partial charge in [-0.3, -0.25) is 0 Å². The average Bonchev–Trinajstić information content (AvgIpc) is 3.37. The molecular weight excluding hydrogens is 368 g/mol. The standard InChI is InChI=1S/C23H24N2O2S/c26-19-8-6-18(7-9-19)21-20(17-4-2-1-3-5-17)22(27-24-21)23(10-11-23)16-25-12-14-28-15-13-25/h1-9,26H,10-16H2. The van der Waals surface area contributed by atoms with E-state index in [0.29, 0.717) is 0 Å². The van der Waals surface area contributed by atoms with Crippen LogP contribution in [0.1, 0.15) is 18.6 Å². The molecule has 1 saturated heterocycles. The quantitative estimate of drug-likeness (QED) is 0.676. The summed E-state index contributed by atoms with van der Waals surface area (Å²) in [6, 6.07) is 17.7. The molecule has 1 aliphatic carbocycles. The van der Waals surface area contributed by atoms with E-state index >= 15 is 0 Å². The first-order chi connectivity index (χ1) is 13.8. The highest BCUT2D eigenvalue weighted by molar-refractivity contribution is 7.99. The van der Waals surface area contributed by atoms with Crippen molar-refractivity contribution in [2.24, 2.45) is 0 Å². The topological polar surface area (TPSA) is 49.5 Å². The summed E-state index contributed by atoms with van der Waals surface area (Å²) in [6.45, 7) is 3.37. The van der Waals surface area contributed by atoms with Crippen LogP contribution in [0.2, 0.25) is 0 Å². The number of phenolic OH excluding ortho intramolecular Hbond substituents is 1. The molecule has 4 nitrogen and oxygen atoms in total. The lowest BCUT2D eigenvalue weighted by molar-refractivity contribution is 0.247. The Kier molecular flexibility index (Phi) is 4.65. The molecular formula is C23H24N2O2S. The molecule has 0 bridgehead atoms. The zero-order chi connectivity index (χ0) is 19.0. The Hall–Kier alpha value is -2.24. The fourth-order valence-corrected chi connectivity index (χ4v) is 5.11. The van der Waals surface area contributed by atoms with E-state index in [4.69, 9.17) is 4.52 Å². The number of hydrogen-bond donors (Lipinski definition) is 1. The van der Waals surface area contributed by atoms with Crippen molar-refractivity contribution in [3.63, 3.8) is 0 Å². The zero-order valence-corrected chi connectivity index (χ0v) is 16.6. The first-order valence-electron chi connectivity index (χ1n) is 9.90. The lowest BCUT2D eigenvalue weighted by Crippen LogP contribution is -2.38. The first-order valence-corrected chi connectivity index (χ1v) is 11.1. The summed E-state index contributed by atoms with van der Waals surface area (Å²) in [5.74, 6) is 3.73. The summed E-state index contributed by atoms with van der Waals surface area (Å²) < 4.78 is 6.06. The van der Waals surface area contributed by atoms with Gasteiger partial charge in [-0.05, 0) is 42.7 Å². The predicted octanol–water partition coefficient (Wildman–Crippen LogP) is 4.79. The molecule has 5 heteroatoms. The lowest BCUT2D eigenvalue weighted by Gasteiger charge is -2.29. The molecule has 0 atom stereocenters. The number of rotatable bonds is 5. The fourth-order valence-electron chi connectivity index (χ4n) is 4.14. The van der Waals surface area contributed by atoms with Gasteiger partial charge in [0.25, 0.3) is 0 Å². The number of thioether (sulfide) groups is 1. The van der Waals surface area contributed by atoms with Crippen molar-refractivity contribution in [3.05, 3.63) is 60.4 Å². The average molecular weight is 393 g/mol. The smallest absolute Gasteiger partial charge is 0.152 e. The Morgan fingerprint density at radius 1 is 0.964 bits per heavy atom. The number of benzene rings is 2. The zero-order valence-electron chi connectivity index (χ0n) is 15.8. The molecule has 2 aliphatic rings. The molecule has 0 unspecified atom stereocenters. The minimum absolute atomic E-state index is 0.0787. The van der Waals surface area contributed by atoms with Crippen LogP contribution in [0.25, 0.3) is 22.4 Å². The molecule has 0 amide bonds. The second-order valence-corrected chi connectivity index (χ2v) is 9.04. The third-order valence-corrected chi connectivity index (χ3v) is 6.80. The summed E-state index contributed by atoms with van der Waals surface area (Å²) in [6.07, 6.45) is 2.31. The number of hydrogen-bond acceptors (Lipinski definition) is 5. The van der Waals surface area contributed by atoms with E-state index in [-0.39, 0.29) is 11.2 Å². The monoisotopic (exact) mass is 392 g/mol. The van der Waals surface area contributed by atoms with Crippen molar-refractivity contribution in [1.82, 2.24) is 10.1 Å². The molecule has 2 aromatic carbocycles. The minimum atomic E-state index is 0.0787. The van der Waals surface area contributed by atoms with Crippen molar-refractivity contribution < 1.29 is 9.63 Å². The Morgan fingerprint density at radius 3 is 2.36 bits per heavy atom. The van der Waals surface area contributed by atoms with Gasteiger partial charge in [-0.2, -0.15) is 11.8 Å². The summed E-state index contributed by atoms with van der Waals surface area (Å²) in [4.78, 5) is 2.58. The van der Waals surface area contributed by atoms with E-state index in [0.717, 1.165) is 60.6 Å². The Balaban J connectivity index is 1.57. The van der Waals surface area contributed by atoms with Crippen LogP contribution in [0.3, 0.4) is 0 Å². The van der Waals surface area contributed by atoms with E-state index < -0.39 is 0 Å². The second kappa shape index (κ2) is 7.30. The summed E-state index contributed by atoms with van der Waals surface area (Å²) in [5.41, 5.74) is 4.16. The molecule has 1 saturated carbocycles. The summed E-state index contributed by atoms with van der Waals surface area (Å²) in [5, 5.41) is 14.2. The first kappa shape index (κ1) is 17.8. The number of phenols is 1. The molecule has 0 spiro atoms. The summed E-state index contributed by atoms with van der Waals surface area (Å²) >= 11 is 2.05. The number of aromatic hydroxyl groups is 1. The maximum Gasteiger partial charge on any atom is 0.152 e. The normalized spacial score (nSPS) is 18.9. The number of nitrogens with zero attached hydrogens (tertiary/aromatic N) is 2. The Labute approximate surface area is 169 Å². The van der Waals surface area contributed by atoms with E-state index in [2.05, 4.69) is 34.3 Å². The van der Waals surface area contributed by atoms with Crippen molar-refractivity contribution in [2.45, 2.75) is 18.3 Å². The van der Waals surface area contributed by atoms with Crippen LogP contribution in [-0.2, 0) is 5.41 Å². The SMILES string of the molecule is Oc1ccc(-c2noc(C3(CN4CCSCC4)CC3)c2-c2ccccc2)cc1. The molecule has 3 aromatic rings. The van der Waals surface area contributed by atoms with Crippen LogP contribution < -0.4 is 0 Å². The molecule has 0 radical (unpaired) electrons. The van der Waals surface area contributed by atoms with Gasteiger partial charge in [-0.1, -0.05) is 35.5 Å². The van der Waals surface area contributed by atoms with Gasteiger partial charge in [0.15, 0.2) is 5.76 Å². The third-order valence-electron chi connectivity index (χ3n) is 5.86. The van der Waals surface area contributed by atoms with Gasteiger partial charge in [-0.15, -0.1) is 0 Å². The van der Waals surface area contributed by atoms with Crippen molar-refractivity contribution in [1.29, 1.82) is 0 Å².